The predicted octanol–water partition coefficient (Wildman–Crippen LogP) is 1.76. The van der Waals surface area contributed by atoms with Gasteiger partial charge in [-0.05, 0) is 36.8 Å². The Hall–Kier alpha value is -2.50. The molecule has 1 heterocycles. The monoisotopic (exact) mass is 246 g/mol. The fourth-order valence-corrected chi connectivity index (χ4v) is 1.38. The van der Waals surface area contributed by atoms with Gasteiger partial charge < -0.3 is 11.1 Å². The number of amides is 1. The largest absolute Gasteiger partial charge is 0.382 e. The van der Waals surface area contributed by atoms with Crippen LogP contribution >= 0.6 is 0 Å². The van der Waals surface area contributed by atoms with Crippen LogP contribution in [0.3, 0.4) is 0 Å². The van der Waals surface area contributed by atoms with Crippen LogP contribution in [0.5, 0.6) is 0 Å². The van der Waals surface area contributed by atoms with Gasteiger partial charge in [-0.25, -0.2) is 4.39 Å². The van der Waals surface area contributed by atoms with E-state index in [-0.39, 0.29) is 11.5 Å². The van der Waals surface area contributed by atoms with E-state index in [1.165, 1.54) is 24.3 Å². The maximum absolute atomic E-state index is 13.1. The van der Waals surface area contributed by atoms with E-state index < -0.39 is 11.7 Å². The molecule has 0 bridgehead atoms. The van der Waals surface area contributed by atoms with E-state index in [1.807, 2.05) is 0 Å². The second-order valence-corrected chi connectivity index (χ2v) is 3.76. The minimum absolute atomic E-state index is 0.118. The first-order valence-corrected chi connectivity index (χ1v) is 5.23. The molecule has 0 saturated carbocycles. The third kappa shape index (κ3) is 2.60. The number of nitrogens with two attached hydrogens (primary N) is 1. The van der Waals surface area contributed by atoms with Crippen molar-refractivity contribution >= 4 is 17.4 Å². The van der Waals surface area contributed by atoms with Crippen LogP contribution in [-0.4, -0.2) is 16.1 Å². The highest BCUT2D eigenvalue weighted by molar-refractivity contribution is 6.03. The van der Waals surface area contributed by atoms with Crippen LogP contribution in [0.2, 0.25) is 0 Å². The van der Waals surface area contributed by atoms with Crippen molar-refractivity contribution in [2.75, 3.05) is 11.1 Å². The molecule has 0 aliphatic heterocycles. The molecule has 1 aromatic heterocycles. The van der Waals surface area contributed by atoms with E-state index in [1.54, 1.807) is 13.0 Å². The highest BCUT2D eigenvalue weighted by Gasteiger charge is 2.10. The lowest BCUT2D eigenvalue weighted by Gasteiger charge is -2.07. The topological polar surface area (TPSA) is 80.9 Å². The van der Waals surface area contributed by atoms with Crippen molar-refractivity contribution in [2.24, 2.45) is 0 Å². The Morgan fingerprint density at radius 1 is 1.28 bits per heavy atom. The first kappa shape index (κ1) is 12.0. The van der Waals surface area contributed by atoms with Gasteiger partial charge in [-0.15, -0.1) is 10.2 Å². The van der Waals surface area contributed by atoms with Crippen LogP contribution in [0.4, 0.5) is 15.9 Å². The zero-order valence-electron chi connectivity index (χ0n) is 9.64. The fourth-order valence-electron chi connectivity index (χ4n) is 1.38. The van der Waals surface area contributed by atoms with E-state index in [0.717, 1.165) is 5.56 Å². The summed E-state index contributed by atoms with van der Waals surface area (Å²) < 4.78 is 13.1. The molecule has 6 heteroatoms. The first-order valence-electron chi connectivity index (χ1n) is 5.23. The smallest absolute Gasteiger partial charge is 0.276 e. The van der Waals surface area contributed by atoms with Crippen molar-refractivity contribution in [2.45, 2.75) is 6.92 Å². The molecule has 1 amide bonds. The molecule has 2 rings (SSSR count). The maximum Gasteiger partial charge on any atom is 0.276 e. The molecule has 5 nitrogen and oxygen atoms in total. The van der Waals surface area contributed by atoms with Gasteiger partial charge in [0.05, 0.1) is 0 Å². The molecule has 92 valence electrons. The number of carbonyl (C=O) groups excluding carboxylic acids is 1. The molecule has 0 radical (unpaired) electrons. The standard InChI is InChI=1S/C12H11FN4O/c1-7-2-3-8(13)6-10(7)15-12(18)9-4-5-11(14)17-16-9/h2-6H,1H3,(H2,14,17)(H,15,18). The van der Waals surface area contributed by atoms with Gasteiger partial charge in [0, 0.05) is 5.69 Å². The van der Waals surface area contributed by atoms with Gasteiger partial charge in [0.15, 0.2) is 5.69 Å². The molecule has 3 N–H and O–H groups in total. The van der Waals surface area contributed by atoms with Crippen molar-refractivity contribution in [1.29, 1.82) is 0 Å². The minimum Gasteiger partial charge on any atom is -0.382 e. The van der Waals surface area contributed by atoms with Crippen molar-refractivity contribution in [3.05, 3.63) is 47.4 Å². The lowest BCUT2D eigenvalue weighted by Crippen LogP contribution is -2.15. The number of hydrogen-bond acceptors (Lipinski definition) is 4. The van der Waals surface area contributed by atoms with Gasteiger partial charge in [0.25, 0.3) is 5.91 Å². The number of halogens is 1. The van der Waals surface area contributed by atoms with Gasteiger partial charge in [-0.1, -0.05) is 6.07 Å². The summed E-state index contributed by atoms with van der Waals surface area (Å²) in [7, 11) is 0. The molecule has 2 aromatic rings. The van der Waals surface area contributed by atoms with Gasteiger partial charge >= 0.3 is 0 Å². The molecule has 0 aliphatic carbocycles. The van der Waals surface area contributed by atoms with Crippen molar-refractivity contribution in [3.63, 3.8) is 0 Å². The van der Waals surface area contributed by atoms with Gasteiger partial charge in [-0.2, -0.15) is 0 Å². The number of aryl methyl sites for hydroxylation is 1. The Labute approximate surface area is 103 Å². The van der Waals surface area contributed by atoms with Crippen LogP contribution < -0.4 is 11.1 Å². The highest BCUT2D eigenvalue weighted by Crippen LogP contribution is 2.16. The Morgan fingerprint density at radius 3 is 2.72 bits per heavy atom. The molecule has 18 heavy (non-hydrogen) atoms. The molecule has 0 aliphatic rings. The van der Waals surface area contributed by atoms with Crippen molar-refractivity contribution in [3.8, 4) is 0 Å². The average Bonchev–Trinajstić information content (AvgIpc) is 2.34. The normalized spacial score (nSPS) is 10.1. The third-order valence-electron chi connectivity index (χ3n) is 2.37. The van der Waals surface area contributed by atoms with Crippen molar-refractivity contribution in [1.82, 2.24) is 10.2 Å². The Balaban J connectivity index is 2.21. The number of rotatable bonds is 2. The number of hydrogen-bond donors (Lipinski definition) is 2. The van der Waals surface area contributed by atoms with E-state index >= 15 is 0 Å². The van der Waals surface area contributed by atoms with Gasteiger partial charge in [0.1, 0.15) is 11.6 Å². The molecular formula is C12H11FN4O. The van der Waals surface area contributed by atoms with Crippen LogP contribution in [0.25, 0.3) is 0 Å². The SMILES string of the molecule is Cc1ccc(F)cc1NC(=O)c1ccc(N)nn1. The Morgan fingerprint density at radius 2 is 2.06 bits per heavy atom. The van der Waals surface area contributed by atoms with Crippen molar-refractivity contribution < 1.29 is 9.18 Å². The average molecular weight is 246 g/mol. The summed E-state index contributed by atoms with van der Waals surface area (Å²) in [4.78, 5) is 11.8. The number of nitrogens with zero attached hydrogens (tertiary/aromatic N) is 2. The number of nitrogens with one attached hydrogen (secondary N) is 1. The molecule has 0 atom stereocenters. The molecule has 1 aromatic carbocycles. The molecule has 0 fully saturated rings. The number of anilines is 2. The summed E-state index contributed by atoms with van der Waals surface area (Å²) in [5.74, 6) is -0.649. The van der Waals surface area contributed by atoms with Gasteiger partial charge in [0.2, 0.25) is 0 Å². The Kier molecular flexibility index (Phi) is 3.18. The van der Waals surface area contributed by atoms with E-state index in [0.29, 0.717) is 5.69 Å². The van der Waals surface area contributed by atoms with Crippen LogP contribution in [0.1, 0.15) is 16.1 Å². The molecule has 0 saturated heterocycles. The zero-order chi connectivity index (χ0) is 13.1. The predicted molar refractivity (Wildman–Crippen MR) is 65.5 cm³/mol. The lowest BCUT2D eigenvalue weighted by atomic mass is 10.2. The van der Waals surface area contributed by atoms with Crippen LogP contribution in [-0.2, 0) is 0 Å². The summed E-state index contributed by atoms with van der Waals surface area (Å²) in [6, 6.07) is 7.08. The zero-order valence-corrected chi connectivity index (χ0v) is 9.64. The maximum atomic E-state index is 13.1. The highest BCUT2D eigenvalue weighted by atomic mass is 19.1. The minimum atomic E-state index is -0.462. The molecule has 0 spiro atoms. The summed E-state index contributed by atoms with van der Waals surface area (Å²) in [6.07, 6.45) is 0. The Bertz CT molecular complexity index is 583. The second-order valence-electron chi connectivity index (χ2n) is 3.76. The van der Waals surface area contributed by atoms with E-state index in [2.05, 4.69) is 15.5 Å². The first-order chi connectivity index (χ1) is 8.56. The quantitative estimate of drug-likeness (QED) is 0.846. The number of carbonyl (C=O) groups is 1. The van der Waals surface area contributed by atoms with E-state index in [9.17, 15) is 9.18 Å². The summed E-state index contributed by atoms with van der Waals surface area (Å²) in [6.45, 7) is 1.77. The summed E-state index contributed by atoms with van der Waals surface area (Å²) in [5, 5.41) is 9.78. The third-order valence-corrected chi connectivity index (χ3v) is 2.37. The number of benzene rings is 1. The van der Waals surface area contributed by atoms with Gasteiger partial charge in [-0.3, -0.25) is 4.79 Å². The molecular weight excluding hydrogens is 235 g/mol. The molecule has 0 unspecified atom stereocenters. The van der Waals surface area contributed by atoms with E-state index in [4.69, 9.17) is 5.73 Å². The second kappa shape index (κ2) is 4.79. The summed E-state index contributed by atoms with van der Waals surface area (Å²) in [5.41, 5.74) is 6.65. The van der Waals surface area contributed by atoms with Crippen LogP contribution in [0.15, 0.2) is 30.3 Å². The number of nitrogen functional groups attached to an aromatic ring is 1. The van der Waals surface area contributed by atoms with Crippen LogP contribution in [0, 0.1) is 12.7 Å². The lowest BCUT2D eigenvalue weighted by molar-refractivity contribution is 0.102. The summed E-state index contributed by atoms with van der Waals surface area (Å²) >= 11 is 0. The fraction of sp³-hybridized carbons (Fsp3) is 0.0833. The number of aromatic nitrogens is 2.